The van der Waals surface area contributed by atoms with Crippen molar-refractivity contribution in [1.29, 1.82) is 0 Å². The third-order valence-corrected chi connectivity index (χ3v) is 3.70. The maximum atomic E-state index is 2.65. The molecule has 2 saturated heterocycles. The molecule has 0 bridgehead atoms. The van der Waals surface area contributed by atoms with Crippen LogP contribution in [-0.2, 0) is 0 Å². The minimum Gasteiger partial charge on any atom is -0.300 e. The van der Waals surface area contributed by atoms with Gasteiger partial charge in [-0.2, -0.15) is 11.8 Å². The maximum Gasteiger partial charge on any atom is 0.0115 e. The van der Waals surface area contributed by atoms with Crippen LogP contribution in [0.2, 0.25) is 0 Å². The van der Waals surface area contributed by atoms with Gasteiger partial charge in [-0.3, -0.25) is 0 Å². The number of hydrogen-bond donors (Lipinski definition) is 0. The molecule has 1 nitrogen and oxygen atoms in total. The van der Waals surface area contributed by atoms with E-state index in [1.165, 1.54) is 43.9 Å². The van der Waals surface area contributed by atoms with Crippen molar-refractivity contribution in [3.8, 4) is 0 Å². The summed E-state index contributed by atoms with van der Waals surface area (Å²) in [5.74, 6) is 2.80. The van der Waals surface area contributed by atoms with Crippen LogP contribution in [0.5, 0.6) is 0 Å². The van der Waals surface area contributed by atoms with E-state index >= 15 is 0 Å². The van der Waals surface area contributed by atoms with Crippen LogP contribution in [0.25, 0.3) is 0 Å². The van der Waals surface area contributed by atoms with E-state index in [0.29, 0.717) is 0 Å². The zero-order chi connectivity index (χ0) is 6.81. The fraction of sp³-hybridized carbons (Fsp3) is 1.00. The largest absolute Gasteiger partial charge is 0.300 e. The summed E-state index contributed by atoms with van der Waals surface area (Å²) in [4.78, 5) is 2.65. The van der Waals surface area contributed by atoms with Crippen LogP contribution in [0.4, 0.5) is 0 Å². The third-order valence-electron chi connectivity index (χ3n) is 2.60. The highest BCUT2D eigenvalue weighted by Crippen LogP contribution is 2.25. The average Bonchev–Trinajstić information content (AvgIpc) is 1.89. The highest BCUT2D eigenvalue weighted by Gasteiger charge is 2.27. The summed E-state index contributed by atoms with van der Waals surface area (Å²) in [7, 11) is 0. The Labute approximate surface area is 67.2 Å². The van der Waals surface area contributed by atoms with Crippen LogP contribution in [0.3, 0.4) is 0 Å². The van der Waals surface area contributed by atoms with E-state index in [1.54, 1.807) is 0 Å². The standard InChI is InChI=1S/C8H15NS/c1-4-9-5-2-8(9)3-7-10-6-1/h8H,1-7H2. The molecular formula is C8H15NS. The van der Waals surface area contributed by atoms with Crippen molar-refractivity contribution in [2.75, 3.05) is 24.6 Å². The first-order valence-electron chi connectivity index (χ1n) is 4.28. The highest BCUT2D eigenvalue weighted by molar-refractivity contribution is 7.99. The van der Waals surface area contributed by atoms with Gasteiger partial charge in [0.1, 0.15) is 0 Å². The molecule has 2 heterocycles. The lowest BCUT2D eigenvalue weighted by molar-refractivity contribution is 0.0880. The Morgan fingerprint density at radius 1 is 1.10 bits per heavy atom. The first-order chi connectivity index (χ1) is 4.97. The van der Waals surface area contributed by atoms with Gasteiger partial charge in [-0.25, -0.2) is 0 Å². The van der Waals surface area contributed by atoms with Crippen molar-refractivity contribution in [3.63, 3.8) is 0 Å². The topological polar surface area (TPSA) is 3.24 Å². The number of fused-ring (bicyclic) bond motifs is 1. The zero-order valence-electron chi connectivity index (χ0n) is 6.38. The smallest absolute Gasteiger partial charge is 0.0115 e. The monoisotopic (exact) mass is 157 g/mol. The number of thioether (sulfide) groups is 1. The molecule has 0 amide bonds. The minimum absolute atomic E-state index is 0.979. The Bertz CT molecular complexity index is 102. The Morgan fingerprint density at radius 2 is 2.10 bits per heavy atom. The molecule has 58 valence electrons. The van der Waals surface area contributed by atoms with Crippen molar-refractivity contribution in [2.24, 2.45) is 0 Å². The highest BCUT2D eigenvalue weighted by atomic mass is 32.2. The molecule has 2 aliphatic heterocycles. The molecule has 10 heavy (non-hydrogen) atoms. The van der Waals surface area contributed by atoms with Crippen molar-refractivity contribution in [2.45, 2.75) is 25.3 Å². The normalized spacial score (nSPS) is 35.4. The molecule has 2 fully saturated rings. The molecule has 0 aromatic rings. The SMILES string of the molecule is C1CSCCC2CCN2C1. The molecule has 0 aromatic carbocycles. The molecule has 2 heteroatoms. The minimum atomic E-state index is 0.979. The lowest BCUT2D eigenvalue weighted by Crippen LogP contribution is -2.48. The van der Waals surface area contributed by atoms with Gasteiger partial charge in [0.25, 0.3) is 0 Å². The summed E-state index contributed by atoms with van der Waals surface area (Å²) in [5.41, 5.74) is 0. The molecular weight excluding hydrogens is 142 g/mol. The van der Waals surface area contributed by atoms with Crippen LogP contribution in [0.1, 0.15) is 19.3 Å². The second-order valence-electron chi connectivity index (χ2n) is 3.23. The van der Waals surface area contributed by atoms with E-state index in [-0.39, 0.29) is 0 Å². The van der Waals surface area contributed by atoms with Crippen molar-refractivity contribution < 1.29 is 0 Å². The predicted molar refractivity (Wildman–Crippen MR) is 46.5 cm³/mol. The molecule has 2 rings (SSSR count). The number of hydrogen-bond acceptors (Lipinski definition) is 2. The average molecular weight is 157 g/mol. The van der Waals surface area contributed by atoms with Crippen molar-refractivity contribution >= 4 is 11.8 Å². The van der Waals surface area contributed by atoms with Gasteiger partial charge in [-0.15, -0.1) is 0 Å². The van der Waals surface area contributed by atoms with Gasteiger partial charge in [-0.1, -0.05) is 0 Å². The van der Waals surface area contributed by atoms with E-state index in [9.17, 15) is 0 Å². The van der Waals surface area contributed by atoms with E-state index in [1.807, 2.05) is 0 Å². The fourth-order valence-corrected chi connectivity index (χ4v) is 2.78. The van der Waals surface area contributed by atoms with Crippen LogP contribution >= 0.6 is 11.8 Å². The summed E-state index contributed by atoms with van der Waals surface area (Å²) in [6, 6.07) is 0.979. The molecule has 0 aromatic heterocycles. The van der Waals surface area contributed by atoms with Gasteiger partial charge in [0, 0.05) is 6.04 Å². The van der Waals surface area contributed by atoms with Crippen LogP contribution < -0.4 is 0 Å². The van der Waals surface area contributed by atoms with Crippen LogP contribution in [0.15, 0.2) is 0 Å². The molecule has 1 unspecified atom stereocenters. The molecule has 0 spiro atoms. The van der Waals surface area contributed by atoms with E-state index in [0.717, 1.165) is 6.04 Å². The Hall–Kier alpha value is 0.310. The molecule has 0 radical (unpaired) electrons. The number of rotatable bonds is 0. The van der Waals surface area contributed by atoms with Gasteiger partial charge in [-0.05, 0) is 43.9 Å². The van der Waals surface area contributed by atoms with Crippen molar-refractivity contribution in [3.05, 3.63) is 0 Å². The maximum absolute atomic E-state index is 2.65. The van der Waals surface area contributed by atoms with E-state index < -0.39 is 0 Å². The predicted octanol–water partition coefficient (Wildman–Crippen LogP) is 1.59. The van der Waals surface area contributed by atoms with Gasteiger partial charge < -0.3 is 4.90 Å². The lowest BCUT2D eigenvalue weighted by atomic mass is 10.0. The molecule has 0 N–H and O–H groups in total. The third kappa shape index (κ3) is 1.32. The number of nitrogens with zero attached hydrogens (tertiary/aromatic N) is 1. The Balaban J connectivity index is 1.83. The van der Waals surface area contributed by atoms with Crippen LogP contribution in [-0.4, -0.2) is 35.5 Å². The van der Waals surface area contributed by atoms with Crippen molar-refractivity contribution in [1.82, 2.24) is 4.90 Å². The van der Waals surface area contributed by atoms with E-state index in [2.05, 4.69) is 16.7 Å². The summed E-state index contributed by atoms with van der Waals surface area (Å²) in [6.45, 7) is 2.76. The molecule has 2 aliphatic rings. The van der Waals surface area contributed by atoms with Gasteiger partial charge in [0.2, 0.25) is 0 Å². The summed E-state index contributed by atoms with van der Waals surface area (Å²) in [5, 5.41) is 0. The quantitative estimate of drug-likeness (QED) is 0.525. The van der Waals surface area contributed by atoms with Gasteiger partial charge in [0.05, 0.1) is 0 Å². The van der Waals surface area contributed by atoms with Crippen LogP contribution in [0, 0.1) is 0 Å². The summed E-state index contributed by atoms with van der Waals surface area (Å²) in [6.07, 6.45) is 4.34. The second-order valence-corrected chi connectivity index (χ2v) is 4.46. The van der Waals surface area contributed by atoms with E-state index in [4.69, 9.17) is 0 Å². The molecule has 0 saturated carbocycles. The summed E-state index contributed by atoms with van der Waals surface area (Å²) >= 11 is 2.14. The van der Waals surface area contributed by atoms with Gasteiger partial charge >= 0.3 is 0 Å². The first kappa shape index (κ1) is 6.99. The fourth-order valence-electron chi connectivity index (χ4n) is 1.81. The molecule has 1 atom stereocenters. The van der Waals surface area contributed by atoms with Gasteiger partial charge in [0.15, 0.2) is 0 Å². The zero-order valence-corrected chi connectivity index (χ0v) is 7.20. The first-order valence-corrected chi connectivity index (χ1v) is 5.44. The summed E-state index contributed by atoms with van der Waals surface area (Å²) < 4.78 is 0. The lowest BCUT2D eigenvalue weighted by Gasteiger charge is -2.42. The Kier molecular flexibility index (Phi) is 2.19. The molecule has 0 aliphatic carbocycles. The Morgan fingerprint density at radius 3 is 2.90 bits per heavy atom. The second kappa shape index (κ2) is 3.14.